The largest absolute Gasteiger partial charge is 0.496 e. The summed E-state index contributed by atoms with van der Waals surface area (Å²) in [6.07, 6.45) is 0.504. The first-order valence-electron chi connectivity index (χ1n) is 8.83. The molecule has 2 N–H and O–H groups in total. The summed E-state index contributed by atoms with van der Waals surface area (Å²) in [5, 5.41) is 14.0. The van der Waals surface area contributed by atoms with Crippen LogP contribution in [0.4, 0.5) is 24.8 Å². The Labute approximate surface area is 168 Å². The molecule has 0 amide bonds. The van der Waals surface area contributed by atoms with Crippen LogP contribution in [0, 0.1) is 0 Å². The van der Waals surface area contributed by atoms with E-state index in [4.69, 9.17) is 4.74 Å². The van der Waals surface area contributed by atoms with Crippen molar-refractivity contribution >= 4 is 23.0 Å². The number of aliphatic hydroxyl groups is 1. The van der Waals surface area contributed by atoms with E-state index in [2.05, 4.69) is 20.3 Å². The molecule has 10 heteroatoms. The number of alkyl halides is 3. The molecule has 2 heterocycles. The molecule has 1 aromatic carbocycles. The number of thiazole rings is 1. The molecule has 152 valence electrons. The number of nitrogens with zero attached hydrogens (tertiary/aromatic N) is 3. The van der Waals surface area contributed by atoms with Crippen LogP contribution in [0.1, 0.15) is 30.0 Å². The molecule has 1 aliphatic rings. The number of benzene rings is 1. The normalized spacial score (nSPS) is 15.6. The van der Waals surface area contributed by atoms with Gasteiger partial charge in [0.05, 0.1) is 12.0 Å². The molecule has 29 heavy (non-hydrogen) atoms. The first-order chi connectivity index (χ1) is 13.8. The summed E-state index contributed by atoms with van der Waals surface area (Å²) in [6, 6.07) is 5.90. The van der Waals surface area contributed by atoms with Gasteiger partial charge in [-0.1, -0.05) is 0 Å². The predicted octanol–water partition coefficient (Wildman–Crippen LogP) is 4.74. The highest BCUT2D eigenvalue weighted by molar-refractivity contribution is 7.15. The van der Waals surface area contributed by atoms with Crippen molar-refractivity contribution in [3.8, 4) is 16.2 Å². The van der Waals surface area contributed by atoms with Crippen molar-refractivity contribution in [3.63, 3.8) is 0 Å². The molecule has 0 aliphatic heterocycles. The van der Waals surface area contributed by atoms with Gasteiger partial charge in [0.1, 0.15) is 22.1 Å². The van der Waals surface area contributed by atoms with Gasteiger partial charge in [0, 0.05) is 23.6 Å². The maximum Gasteiger partial charge on any atom is 0.433 e. The van der Waals surface area contributed by atoms with Crippen LogP contribution < -0.4 is 10.1 Å². The number of anilines is 2. The minimum absolute atomic E-state index is 0.162. The number of hydrogen-bond donors (Lipinski definition) is 2. The molecular weight excluding hydrogens is 405 g/mol. The number of nitrogens with one attached hydrogen (secondary N) is 1. The lowest BCUT2D eigenvalue weighted by molar-refractivity contribution is -0.141. The first-order valence-corrected chi connectivity index (χ1v) is 9.64. The highest BCUT2D eigenvalue weighted by Crippen LogP contribution is 2.45. The summed E-state index contributed by atoms with van der Waals surface area (Å²) in [5.74, 6) is 0.418. The van der Waals surface area contributed by atoms with Gasteiger partial charge in [-0.05, 0) is 43.5 Å². The maximum absolute atomic E-state index is 12.9. The van der Waals surface area contributed by atoms with Crippen molar-refractivity contribution in [2.24, 2.45) is 0 Å². The number of halogens is 3. The Hall–Kier alpha value is -2.72. The van der Waals surface area contributed by atoms with Gasteiger partial charge in [-0.25, -0.2) is 15.0 Å². The third kappa shape index (κ3) is 3.90. The molecule has 0 bridgehead atoms. The number of rotatable bonds is 5. The Bertz CT molecular complexity index is 1030. The van der Waals surface area contributed by atoms with Gasteiger partial charge in [0.15, 0.2) is 0 Å². The van der Waals surface area contributed by atoms with Crippen molar-refractivity contribution < 1.29 is 23.0 Å². The Balaban J connectivity index is 1.64. The number of hydrogen-bond acceptors (Lipinski definition) is 7. The van der Waals surface area contributed by atoms with E-state index in [1.165, 1.54) is 18.4 Å². The average molecular weight is 422 g/mol. The van der Waals surface area contributed by atoms with Gasteiger partial charge >= 0.3 is 6.18 Å². The fourth-order valence-electron chi connectivity index (χ4n) is 3.02. The summed E-state index contributed by atoms with van der Waals surface area (Å²) in [6.45, 7) is 0. The molecule has 2 aromatic heterocycles. The predicted molar refractivity (Wildman–Crippen MR) is 102 cm³/mol. The Kier molecular flexibility index (Phi) is 4.91. The summed E-state index contributed by atoms with van der Waals surface area (Å²) in [4.78, 5) is 12.5. The van der Waals surface area contributed by atoms with E-state index in [9.17, 15) is 18.3 Å². The third-order valence-electron chi connectivity index (χ3n) is 4.75. The number of ether oxygens (including phenoxy) is 1. The van der Waals surface area contributed by atoms with Gasteiger partial charge in [0.25, 0.3) is 0 Å². The maximum atomic E-state index is 12.9. The molecule has 0 saturated heterocycles. The molecule has 0 atom stereocenters. The molecule has 3 aromatic rings. The highest BCUT2D eigenvalue weighted by atomic mass is 32.1. The zero-order chi connectivity index (χ0) is 20.6. The second-order valence-electron chi connectivity index (χ2n) is 6.72. The van der Waals surface area contributed by atoms with Crippen LogP contribution in [0.2, 0.25) is 0 Å². The van der Waals surface area contributed by atoms with Crippen LogP contribution in [0.5, 0.6) is 5.75 Å². The smallest absolute Gasteiger partial charge is 0.433 e. The van der Waals surface area contributed by atoms with E-state index in [0.29, 0.717) is 34.8 Å². The lowest BCUT2D eigenvalue weighted by Crippen LogP contribution is -2.33. The van der Waals surface area contributed by atoms with Crippen molar-refractivity contribution in [3.05, 3.63) is 47.4 Å². The Morgan fingerprint density at radius 2 is 2.00 bits per heavy atom. The SMILES string of the molecule is COc1ccc(Nc2nccc(C(F)(F)F)n2)cc1-c1cnc(C2(O)CCC2)s1. The van der Waals surface area contributed by atoms with Crippen LogP contribution in [-0.4, -0.2) is 27.2 Å². The minimum Gasteiger partial charge on any atom is -0.496 e. The van der Waals surface area contributed by atoms with Crippen LogP contribution in [0.15, 0.2) is 36.7 Å². The summed E-state index contributed by atoms with van der Waals surface area (Å²) >= 11 is 1.37. The van der Waals surface area contributed by atoms with Crippen molar-refractivity contribution in [1.82, 2.24) is 15.0 Å². The summed E-state index contributed by atoms with van der Waals surface area (Å²) in [5.41, 5.74) is -0.684. The van der Waals surface area contributed by atoms with Crippen LogP contribution in [0.3, 0.4) is 0 Å². The lowest BCUT2D eigenvalue weighted by Gasteiger charge is -2.34. The molecule has 4 rings (SSSR count). The first kappa shape index (κ1) is 19.6. The zero-order valence-electron chi connectivity index (χ0n) is 15.3. The fraction of sp³-hybridized carbons (Fsp3) is 0.316. The molecule has 1 saturated carbocycles. The average Bonchev–Trinajstić information content (AvgIpc) is 3.16. The van der Waals surface area contributed by atoms with Crippen LogP contribution in [0.25, 0.3) is 10.4 Å². The molecule has 0 radical (unpaired) electrons. The molecule has 1 aliphatic carbocycles. The van der Waals surface area contributed by atoms with E-state index in [-0.39, 0.29) is 5.95 Å². The van der Waals surface area contributed by atoms with Crippen molar-refractivity contribution in [2.45, 2.75) is 31.0 Å². The minimum atomic E-state index is -4.55. The molecule has 6 nitrogen and oxygen atoms in total. The van der Waals surface area contributed by atoms with Crippen molar-refractivity contribution in [2.75, 3.05) is 12.4 Å². The molecular formula is C19H17F3N4O2S. The van der Waals surface area contributed by atoms with E-state index in [0.717, 1.165) is 23.6 Å². The van der Waals surface area contributed by atoms with Gasteiger partial charge in [-0.15, -0.1) is 11.3 Å². The van der Waals surface area contributed by atoms with Gasteiger partial charge in [0.2, 0.25) is 5.95 Å². The van der Waals surface area contributed by atoms with E-state index in [1.807, 2.05) is 0 Å². The van der Waals surface area contributed by atoms with Crippen LogP contribution in [-0.2, 0) is 11.8 Å². The monoisotopic (exact) mass is 422 g/mol. The standard InChI is InChI=1S/C19H17F3N4O2S/c1-28-13-4-3-11(25-17-23-8-5-15(26-17)19(20,21)22)9-12(13)14-10-24-16(29-14)18(27)6-2-7-18/h3-5,8-10,27H,2,6-7H2,1H3,(H,23,25,26). The van der Waals surface area contributed by atoms with E-state index >= 15 is 0 Å². The summed E-state index contributed by atoms with van der Waals surface area (Å²) in [7, 11) is 1.53. The van der Waals surface area contributed by atoms with Crippen LogP contribution >= 0.6 is 11.3 Å². The molecule has 0 unspecified atom stereocenters. The Morgan fingerprint density at radius 1 is 1.21 bits per heavy atom. The molecule has 1 fully saturated rings. The van der Waals surface area contributed by atoms with E-state index < -0.39 is 17.5 Å². The molecule has 0 spiro atoms. The number of methoxy groups -OCH3 is 1. The second kappa shape index (κ2) is 7.27. The second-order valence-corrected chi connectivity index (χ2v) is 7.75. The van der Waals surface area contributed by atoms with Gasteiger partial charge < -0.3 is 15.2 Å². The zero-order valence-corrected chi connectivity index (χ0v) is 16.1. The fourth-order valence-corrected chi connectivity index (χ4v) is 4.11. The third-order valence-corrected chi connectivity index (χ3v) is 5.98. The quantitative estimate of drug-likeness (QED) is 0.618. The number of aromatic nitrogens is 3. The van der Waals surface area contributed by atoms with Gasteiger partial charge in [-0.2, -0.15) is 13.2 Å². The van der Waals surface area contributed by atoms with E-state index in [1.54, 1.807) is 24.4 Å². The van der Waals surface area contributed by atoms with Crippen molar-refractivity contribution in [1.29, 1.82) is 0 Å². The summed E-state index contributed by atoms with van der Waals surface area (Å²) < 4.78 is 44.0. The lowest BCUT2D eigenvalue weighted by atomic mass is 9.81. The topological polar surface area (TPSA) is 80.2 Å². The van der Waals surface area contributed by atoms with Gasteiger partial charge in [-0.3, -0.25) is 0 Å². The Morgan fingerprint density at radius 3 is 2.66 bits per heavy atom. The highest BCUT2D eigenvalue weighted by Gasteiger charge is 2.39.